The molecule has 0 radical (unpaired) electrons. The van der Waals surface area contributed by atoms with Gasteiger partial charge in [-0.1, -0.05) is 79.8 Å². The molecule has 232 valence electrons. The molecular formula is C36H31N3O6S. The monoisotopic (exact) mass is 633 g/mol. The topological polar surface area (TPSA) is 117 Å². The number of rotatable bonds is 8. The molecule has 1 aliphatic rings. The van der Waals surface area contributed by atoms with Crippen molar-refractivity contribution in [3.8, 4) is 11.3 Å². The zero-order chi connectivity index (χ0) is 32.5. The highest BCUT2D eigenvalue weighted by Crippen LogP contribution is 2.36. The molecule has 3 aromatic carbocycles. The van der Waals surface area contributed by atoms with Gasteiger partial charge in [0.2, 0.25) is 0 Å². The second-order valence-electron chi connectivity index (χ2n) is 11.2. The molecular weight excluding hydrogens is 602 g/mol. The van der Waals surface area contributed by atoms with Crippen molar-refractivity contribution in [1.82, 2.24) is 4.57 Å². The number of esters is 1. The molecule has 46 heavy (non-hydrogen) atoms. The fourth-order valence-electron chi connectivity index (χ4n) is 5.56. The lowest BCUT2D eigenvalue weighted by Crippen LogP contribution is -2.40. The van der Waals surface area contributed by atoms with Crippen LogP contribution < -0.4 is 14.9 Å². The summed E-state index contributed by atoms with van der Waals surface area (Å²) in [5.74, 6) is 0.727. The highest BCUT2D eigenvalue weighted by molar-refractivity contribution is 7.07. The van der Waals surface area contributed by atoms with Crippen LogP contribution in [-0.2, 0) is 9.53 Å². The van der Waals surface area contributed by atoms with E-state index >= 15 is 0 Å². The van der Waals surface area contributed by atoms with Crippen LogP contribution in [0.3, 0.4) is 0 Å². The van der Waals surface area contributed by atoms with Crippen molar-refractivity contribution in [2.45, 2.75) is 39.7 Å². The maximum Gasteiger partial charge on any atom is 0.338 e. The van der Waals surface area contributed by atoms with Gasteiger partial charge in [0.25, 0.3) is 11.2 Å². The van der Waals surface area contributed by atoms with E-state index in [0.29, 0.717) is 49.2 Å². The first-order valence-electron chi connectivity index (χ1n) is 14.9. The SMILES string of the molecule is CCOC(=O)C1=C(c2ccccc2)N=c2s/c(=C\c3ccc(-c4ccc([N+](=O)[O-])cc4C)o3)c(=O)n2C1c1ccc(C(C)C)cc1. The molecule has 2 aromatic heterocycles. The average molecular weight is 634 g/mol. The van der Waals surface area contributed by atoms with E-state index in [1.54, 1.807) is 42.7 Å². The van der Waals surface area contributed by atoms with Gasteiger partial charge in [0.1, 0.15) is 11.5 Å². The van der Waals surface area contributed by atoms with Crippen molar-refractivity contribution in [1.29, 1.82) is 0 Å². The number of aromatic nitrogens is 1. The Kier molecular flexibility index (Phi) is 8.38. The molecule has 1 aliphatic heterocycles. The molecule has 1 atom stereocenters. The minimum atomic E-state index is -0.774. The summed E-state index contributed by atoms with van der Waals surface area (Å²) in [7, 11) is 0. The van der Waals surface area contributed by atoms with Crippen LogP contribution in [-0.4, -0.2) is 22.1 Å². The van der Waals surface area contributed by atoms with Crippen molar-refractivity contribution in [2.24, 2.45) is 4.99 Å². The van der Waals surface area contributed by atoms with Crippen LogP contribution in [0.25, 0.3) is 23.1 Å². The van der Waals surface area contributed by atoms with E-state index < -0.39 is 16.9 Å². The number of benzene rings is 3. The minimum Gasteiger partial charge on any atom is -0.463 e. The molecule has 3 heterocycles. The number of carbonyl (C=O) groups excluding carboxylic acids is 1. The quantitative estimate of drug-likeness (QED) is 0.109. The first kappa shape index (κ1) is 30.7. The fraction of sp³-hybridized carbons (Fsp3) is 0.194. The Bertz CT molecular complexity index is 2170. The Labute approximate surface area is 268 Å². The number of aryl methyl sites for hydroxylation is 1. The Morgan fingerprint density at radius 3 is 2.48 bits per heavy atom. The van der Waals surface area contributed by atoms with Gasteiger partial charge in [0, 0.05) is 29.3 Å². The van der Waals surface area contributed by atoms with Crippen LogP contribution in [0.5, 0.6) is 0 Å². The van der Waals surface area contributed by atoms with Crippen molar-refractivity contribution in [2.75, 3.05) is 6.61 Å². The molecule has 6 rings (SSSR count). The van der Waals surface area contributed by atoms with Gasteiger partial charge in [-0.15, -0.1) is 0 Å². The van der Waals surface area contributed by atoms with E-state index in [1.165, 1.54) is 23.5 Å². The van der Waals surface area contributed by atoms with Crippen LogP contribution in [0.4, 0.5) is 5.69 Å². The molecule has 0 aliphatic carbocycles. The van der Waals surface area contributed by atoms with Gasteiger partial charge in [-0.25, -0.2) is 9.79 Å². The zero-order valence-electron chi connectivity index (χ0n) is 25.7. The van der Waals surface area contributed by atoms with Crippen LogP contribution >= 0.6 is 11.3 Å². The summed E-state index contributed by atoms with van der Waals surface area (Å²) in [4.78, 5) is 43.9. The van der Waals surface area contributed by atoms with Crippen molar-refractivity contribution in [3.63, 3.8) is 0 Å². The Morgan fingerprint density at radius 2 is 1.83 bits per heavy atom. The predicted molar refractivity (Wildman–Crippen MR) is 177 cm³/mol. The minimum absolute atomic E-state index is 0.000371. The summed E-state index contributed by atoms with van der Waals surface area (Å²) >= 11 is 1.21. The van der Waals surface area contributed by atoms with Crippen LogP contribution in [0.2, 0.25) is 0 Å². The van der Waals surface area contributed by atoms with E-state index in [9.17, 15) is 19.7 Å². The van der Waals surface area contributed by atoms with Gasteiger partial charge < -0.3 is 9.15 Å². The summed E-state index contributed by atoms with van der Waals surface area (Å²) in [5, 5.41) is 11.2. The number of non-ortho nitro benzene ring substituents is 1. The highest BCUT2D eigenvalue weighted by atomic mass is 32.1. The fourth-order valence-corrected chi connectivity index (χ4v) is 6.54. The number of nitro benzene ring substituents is 1. The summed E-state index contributed by atoms with van der Waals surface area (Å²) in [5.41, 5.74) is 4.47. The van der Waals surface area contributed by atoms with Gasteiger partial charge >= 0.3 is 5.97 Å². The summed E-state index contributed by atoms with van der Waals surface area (Å²) in [6.45, 7) is 7.92. The number of ether oxygens (including phenoxy) is 1. The maximum atomic E-state index is 14.2. The number of nitro groups is 1. The van der Waals surface area contributed by atoms with E-state index in [4.69, 9.17) is 14.1 Å². The molecule has 0 spiro atoms. The lowest BCUT2D eigenvalue weighted by Gasteiger charge is -2.26. The smallest absolute Gasteiger partial charge is 0.338 e. The van der Waals surface area contributed by atoms with E-state index in [2.05, 4.69) is 13.8 Å². The van der Waals surface area contributed by atoms with Crippen molar-refractivity contribution < 1.29 is 18.9 Å². The van der Waals surface area contributed by atoms with Gasteiger partial charge in [-0.3, -0.25) is 19.5 Å². The first-order chi connectivity index (χ1) is 22.2. The molecule has 9 nitrogen and oxygen atoms in total. The second-order valence-corrected chi connectivity index (χ2v) is 12.2. The lowest BCUT2D eigenvalue weighted by molar-refractivity contribution is -0.384. The number of furan rings is 1. The summed E-state index contributed by atoms with van der Waals surface area (Å²) < 4.78 is 13.6. The molecule has 5 aromatic rings. The van der Waals surface area contributed by atoms with Crippen LogP contribution in [0, 0.1) is 17.0 Å². The number of carbonyl (C=O) groups is 1. The van der Waals surface area contributed by atoms with E-state index in [-0.39, 0.29) is 17.9 Å². The maximum absolute atomic E-state index is 14.2. The van der Waals surface area contributed by atoms with E-state index in [1.807, 2.05) is 54.6 Å². The molecule has 0 amide bonds. The normalized spacial score (nSPS) is 14.7. The van der Waals surface area contributed by atoms with Crippen molar-refractivity contribution in [3.05, 3.63) is 148 Å². The highest BCUT2D eigenvalue weighted by Gasteiger charge is 2.35. The second kappa shape index (κ2) is 12.6. The molecule has 0 saturated heterocycles. The molecule has 0 N–H and O–H groups in total. The van der Waals surface area contributed by atoms with Gasteiger partial charge in [-0.2, -0.15) is 0 Å². The zero-order valence-corrected chi connectivity index (χ0v) is 26.5. The number of hydrogen-bond donors (Lipinski definition) is 0. The van der Waals surface area contributed by atoms with E-state index in [0.717, 1.165) is 16.7 Å². The molecule has 10 heteroatoms. The molecule has 1 unspecified atom stereocenters. The Morgan fingerprint density at radius 1 is 1.09 bits per heavy atom. The van der Waals surface area contributed by atoms with Gasteiger partial charge in [-0.05, 0) is 54.7 Å². The predicted octanol–water partition coefficient (Wildman–Crippen LogP) is 6.54. The summed E-state index contributed by atoms with van der Waals surface area (Å²) in [6, 6.07) is 24.7. The standard InChI is InChI=1S/C36H31N3O6S/c1-5-44-35(41)31-32(24-9-7-6-8-10-24)37-36-38(33(31)25-13-11-23(12-14-25)21(2)3)34(40)30(46-36)20-27-16-18-29(45-27)28-17-15-26(39(42)43)19-22(28)4/h6-21,33H,5H2,1-4H3/b30-20-. The Hall–Kier alpha value is -5.35. The number of nitrogens with zero attached hydrogens (tertiary/aromatic N) is 3. The number of fused-ring (bicyclic) bond motifs is 1. The third-order valence-corrected chi connectivity index (χ3v) is 8.86. The van der Waals surface area contributed by atoms with Gasteiger partial charge in [0.05, 0.1) is 33.4 Å². The van der Waals surface area contributed by atoms with Crippen LogP contribution in [0.15, 0.2) is 105 Å². The van der Waals surface area contributed by atoms with Crippen LogP contribution in [0.1, 0.15) is 60.7 Å². The average Bonchev–Trinajstić information content (AvgIpc) is 3.64. The number of thiazole rings is 1. The first-order valence-corrected chi connectivity index (χ1v) is 15.7. The third kappa shape index (κ3) is 5.75. The molecule has 0 saturated carbocycles. The summed E-state index contributed by atoms with van der Waals surface area (Å²) in [6.07, 6.45) is 1.66. The third-order valence-electron chi connectivity index (χ3n) is 7.88. The Balaban J connectivity index is 1.53. The molecule has 0 bridgehead atoms. The number of hydrogen-bond acceptors (Lipinski definition) is 8. The molecule has 0 fully saturated rings. The van der Waals surface area contributed by atoms with Crippen molar-refractivity contribution >= 4 is 34.8 Å². The lowest BCUT2D eigenvalue weighted by atomic mass is 9.91. The largest absolute Gasteiger partial charge is 0.463 e. The van der Waals surface area contributed by atoms with Gasteiger partial charge in [0.15, 0.2) is 4.80 Å².